The summed E-state index contributed by atoms with van der Waals surface area (Å²) in [5.41, 5.74) is 5.37. The minimum atomic E-state index is -3.52. The molecular formula is C9H12Br2N2O2S. The highest BCUT2D eigenvalue weighted by molar-refractivity contribution is 9.11. The monoisotopic (exact) mass is 370 g/mol. The number of nitrogens with one attached hydrogen (secondary N) is 1. The van der Waals surface area contributed by atoms with Crippen molar-refractivity contribution in [1.29, 1.82) is 0 Å². The minimum Gasteiger partial charge on any atom is -0.329 e. The smallest absolute Gasteiger partial charge is 0.241 e. The van der Waals surface area contributed by atoms with Crippen LogP contribution in [0.15, 0.2) is 32.0 Å². The van der Waals surface area contributed by atoms with Gasteiger partial charge in [0.25, 0.3) is 0 Å². The van der Waals surface area contributed by atoms with Crippen LogP contribution in [0.5, 0.6) is 0 Å². The third kappa shape index (κ3) is 3.53. The first kappa shape index (κ1) is 14.1. The van der Waals surface area contributed by atoms with Gasteiger partial charge in [0.1, 0.15) is 0 Å². The summed E-state index contributed by atoms with van der Waals surface area (Å²) < 4.78 is 27.7. The van der Waals surface area contributed by atoms with E-state index >= 15 is 0 Å². The quantitative estimate of drug-likeness (QED) is 0.848. The molecule has 7 heteroatoms. The van der Waals surface area contributed by atoms with E-state index in [1.54, 1.807) is 19.1 Å². The first-order chi connectivity index (χ1) is 7.36. The van der Waals surface area contributed by atoms with Crippen molar-refractivity contribution in [3.8, 4) is 0 Å². The van der Waals surface area contributed by atoms with Crippen LogP contribution in [0.1, 0.15) is 6.92 Å². The fourth-order valence-corrected chi connectivity index (χ4v) is 4.07. The topological polar surface area (TPSA) is 72.2 Å². The van der Waals surface area contributed by atoms with Crippen LogP contribution in [0.25, 0.3) is 0 Å². The van der Waals surface area contributed by atoms with Crippen molar-refractivity contribution in [3.05, 3.63) is 27.1 Å². The molecule has 0 saturated heterocycles. The zero-order valence-electron chi connectivity index (χ0n) is 8.57. The van der Waals surface area contributed by atoms with E-state index in [1.807, 2.05) is 0 Å². The highest BCUT2D eigenvalue weighted by atomic mass is 79.9. The largest absolute Gasteiger partial charge is 0.329 e. The number of sulfonamides is 1. The predicted octanol–water partition coefficient (Wildman–Crippen LogP) is 1.84. The van der Waals surface area contributed by atoms with E-state index in [2.05, 4.69) is 36.6 Å². The molecule has 0 aromatic heterocycles. The van der Waals surface area contributed by atoms with Gasteiger partial charge in [-0.2, -0.15) is 0 Å². The number of hydrogen-bond donors (Lipinski definition) is 2. The van der Waals surface area contributed by atoms with Crippen molar-refractivity contribution >= 4 is 41.9 Å². The zero-order chi connectivity index (χ0) is 12.3. The lowest BCUT2D eigenvalue weighted by Crippen LogP contribution is -2.37. The molecule has 3 N–H and O–H groups in total. The van der Waals surface area contributed by atoms with Crippen LogP contribution in [0.2, 0.25) is 0 Å². The number of benzene rings is 1. The van der Waals surface area contributed by atoms with Crippen LogP contribution in [0, 0.1) is 0 Å². The highest BCUT2D eigenvalue weighted by Gasteiger charge is 2.19. The second kappa shape index (κ2) is 5.59. The Bertz CT molecular complexity index is 476. The van der Waals surface area contributed by atoms with Gasteiger partial charge in [0.15, 0.2) is 0 Å². The molecule has 1 unspecified atom stereocenters. The van der Waals surface area contributed by atoms with Crippen molar-refractivity contribution in [2.45, 2.75) is 17.9 Å². The molecule has 0 saturated carbocycles. The summed E-state index contributed by atoms with van der Waals surface area (Å²) in [4.78, 5) is 0.205. The van der Waals surface area contributed by atoms with Gasteiger partial charge in [-0.05, 0) is 41.1 Å². The molecule has 0 fully saturated rings. The fraction of sp³-hybridized carbons (Fsp3) is 0.333. The van der Waals surface area contributed by atoms with Gasteiger partial charge in [0.2, 0.25) is 10.0 Å². The fourth-order valence-electron chi connectivity index (χ4n) is 1.07. The van der Waals surface area contributed by atoms with Crippen molar-refractivity contribution in [2.75, 3.05) is 6.54 Å². The molecule has 4 nitrogen and oxygen atoms in total. The van der Waals surface area contributed by atoms with E-state index in [4.69, 9.17) is 5.73 Å². The summed E-state index contributed by atoms with van der Waals surface area (Å²) in [7, 11) is -3.52. The van der Waals surface area contributed by atoms with E-state index in [0.29, 0.717) is 4.47 Å². The Kier molecular flexibility index (Phi) is 4.93. The minimum absolute atomic E-state index is 0.205. The Balaban J connectivity index is 3.08. The molecule has 0 aliphatic carbocycles. The van der Waals surface area contributed by atoms with Gasteiger partial charge in [0.05, 0.1) is 4.90 Å². The lowest BCUT2D eigenvalue weighted by atomic mass is 10.4. The number of hydrogen-bond acceptors (Lipinski definition) is 3. The van der Waals surface area contributed by atoms with Crippen molar-refractivity contribution in [2.24, 2.45) is 5.73 Å². The molecule has 0 heterocycles. The number of nitrogens with two attached hydrogens (primary N) is 1. The van der Waals surface area contributed by atoms with E-state index < -0.39 is 10.0 Å². The molecule has 0 aliphatic heterocycles. The number of halogens is 2. The molecule has 90 valence electrons. The zero-order valence-corrected chi connectivity index (χ0v) is 12.6. The number of rotatable bonds is 4. The summed E-state index contributed by atoms with van der Waals surface area (Å²) in [6, 6.07) is 4.59. The molecular weight excluding hydrogens is 360 g/mol. The van der Waals surface area contributed by atoms with Crippen molar-refractivity contribution < 1.29 is 8.42 Å². The first-order valence-corrected chi connectivity index (χ1v) is 7.61. The molecule has 1 aromatic rings. The average molecular weight is 372 g/mol. The first-order valence-electron chi connectivity index (χ1n) is 4.54. The lowest BCUT2D eigenvalue weighted by Gasteiger charge is -2.13. The van der Waals surface area contributed by atoms with Crippen LogP contribution in [0.3, 0.4) is 0 Å². The predicted molar refractivity (Wildman–Crippen MR) is 70.7 cm³/mol. The summed E-state index contributed by atoms with van der Waals surface area (Å²) in [6.45, 7) is 1.97. The average Bonchev–Trinajstić information content (AvgIpc) is 2.16. The molecule has 0 bridgehead atoms. The van der Waals surface area contributed by atoms with Crippen molar-refractivity contribution in [1.82, 2.24) is 4.72 Å². The van der Waals surface area contributed by atoms with Crippen LogP contribution in [0.4, 0.5) is 0 Å². The Hall–Kier alpha value is 0.0500. The van der Waals surface area contributed by atoms with E-state index in [9.17, 15) is 8.42 Å². The third-order valence-electron chi connectivity index (χ3n) is 1.89. The van der Waals surface area contributed by atoms with Crippen LogP contribution in [-0.2, 0) is 10.0 Å². The van der Waals surface area contributed by atoms with Gasteiger partial charge in [-0.15, -0.1) is 0 Å². The lowest BCUT2D eigenvalue weighted by molar-refractivity contribution is 0.562. The van der Waals surface area contributed by atoms with Gasteiger partial charge in [0, 0.05) is 21.5 Å². The maximum atomic E-state index is 11.9. The van der Waals surface area contributed by atoms with Crippen molar-refractivity contribution in [3.63, 3.8) is 0 Å². The molecule has 1 atom stereocenters. The molecule has 0 aliphatic rings. The Morgan fingerprint density at radius 3 is 2.56 bits per heavy atom. The summed E-state index contributed by atoms with van der Waals surface area (Å²) >= 11 is 6.48. The Labute approximate surface area is 112 Å². The SMILES string of the molecule is CC(CN)NS(=O)(=O)c1ccc(Br)cc1Br. The van der Waals surface area contributed by atoms with Crippen LogP contribution < -0.4 is 10.5 Å². The maximum absolute atomic E-state index is 11.9. The van der Waals surface area contributed by atoms with E-state index in [0.717, 1.165) is 4.47 Å². The van der Waals surface area contributed by atoms with Crippen LogP contribution >= 0.6 is 31.9 Å². The van der Waals surface area contributed by atoms with Gasteiger partial charge in [-0.3, -0.25) is 0 Å². The molecule has 16 heavy (non-hydrogen) atoms. The maximum Gasteiger partial charge on any atom is 0.241 e. The molecule has 1 rings (SSSR count). The standard InChI is InChI=1S/C9H12Br2N2O2S/c1-6(5-12)13-16(14,15)9-3-2-7(10)4-8(9)11/h2-4,6,13H,5,12H2,1H3. The molecule has 0 amide bonds. The van der Waals surface area contributed by atoms with E-state index in [1.165, 1.54) is 6.07 Å². The highest BCUT2D eigenvalue weighted by Crippen LogP contribution is 2.25. The van der Waals surface area contributed by atoms with Gasteiger partial charge < -0.3 is 5.73 Å². The second-order valence-electron chi connectivity index (χ2n) is 3.33. The summed E-state index contributed by atoms with van der Waals surface area (Å²) in [5.74, 6) is 0. The normalized spacial score (nSPS) is 13.8. The Morgan fingerprint density at radius 2 is 2.06 bits per heavy atom. The Morgan fingerprint density at radius 1 is 1.44 bits per heavy atom. The third-order valence-corrected chi connectivity index (χ3v) is 4.95. The molecule has 0 radical (unpaired) electrons. The summed E-state index contributed by atoms with van der Waals surface area (Å²) in [6.07, 6.45) is 0. The van der Waals surface area contributed by atoms with Crippen LogP contribution in [-0.4, -0.2) is 21.0 Å². The summed E-state index contributed by atoms with van der Waals surface area (Å²) in [5, 5.41) is 0. The molecule has 0 spiro atoms. The van der Waals surface area contributed by atoms with Gasteiger partial charge in [-0.1, -0.05) is 15.9 Å². The molecule has 1 aromatic carbocycles. The van der Waals surface area contributed by atoms with Gasteiger partial charge in [-0.25, -0.2) is 13.1 Å². The van der Waals surface area contributed by atoms with Gasteiger partial charge >= 0.3 is 0 Å². The second-order valence-corrected chi connectivity index (χ2v) is 6.79. The van der Waals surface area contributed by atoms with E-state index in [-0.39, 0.29) is 17.5 Å².